The van der Waals surface area contributed by atoms with E-state index < -0.39 is 0 Å². The van der Waals surface area contributed by atoms with E-state index >= 15 is 0 Å². The molecule has 0 bridgehead atoms. The van der Waals surface area contributed by atoms with Gasteiger partial charge in [-0.3, -0.25) is 4.40 Å². The first-order chi connectivity index (χ1) is 12.7. The van der Waals surface area contributed by atoms with Gasteiger partial charge in [-0.15, -0.1) is 11.3 Å². The molecule has 126 valence electrons. The maximum atomic E-state index is 13.4. The minimum absolute atomic E-state index is 0.293. The number of anilines is 1. The number of thiazole rings is 1. The minimum atomic E-state index is -0.293. The molecule has 0 radical (unpaired) electrons. The van der Waals surface area contributed by atoms with E-state index in [1.807, 2.05) is 28.2 Å². The van der Waals surface area contributed by atoms with Gasteiger partial charge >= 0.3 is 0 Å². The summed E-state index contributed by atoms with van der Waals surface area (Å²) in [4.78, 5) is 13.2. The van der Waals surface area contributed by atoms with E-state index in [0.717, 1.165) is 27.0 Å². The molecule has 0 saturated heterocycles. The third-order valence-corrected chi connectivity index (χ3v) is 5.08. The summed E-state index contributed by atoms with van der Waals surface area (Å²) >= 11 is 1.58. The van der Waals surface area contributed by atoms with Crippen LogP contribution in [0.25, 0.3) is 38.4 Å². The SMILES string of the molecule is Nc1nc(-c2ccc(F)cc2)c(-c2ccc3ncsc3c2)n2ccnc12. The van der Waals surface area contributed by atoms with Crippen molar-refractivity contribution < 1.29 is 4.39 Å². The summed E-state index contributed by atoms with van der Waals surface area (Å²) < 4.78 is 16.4. The van der Waals surface area contributed by atoms with Crippen LogP contribution in [-0.4, -0.2) is 19.4 Å². The van der Waals surface area contributed by atoms with E-state index in [0.29, 0.717) is 17.2 Å². The monoisotopic (exact) mass is 361 g/mol. The molecular formula is C19H12FN5S. The van der Waals surface area contributed by atoms with Crippen molar-refractivity contribution >= 4 is 33.0 Å². The van der Waals surface area contributed by atoms with E-state index in [2.05, 4.69) is 21.0 Å². The molecule has 3 aromatic heterocycles. The van der Waals surface area contributed by atoms with Crippen molar-refractivity contribution in [2.24, 2.45) is 0 Å². The second-order valence-corrected chi connectivity index (χ2v) is 6.74. The number of imidazole rings is 1. The van der Waals surface area contributed by atoms with Gasteiger partial charge in [-0.2, -0.15) is 0 Å². The van der Waals surface area contributed by atoms with Crippen molar-refractivity contribution in [2.45, 2.75) is 0 Å². The zero-order chi connectivity index (χ0) is 17.7. The van der Waals surface area contributed by atoms with Crippen LogP contribution in [0.2, 0.25) is 0 Å². The van der Waals surface area contributed by atoms with Gasteiger partial charge in [0, 0.05) is 23.5 Å². The third kappa shape index (κ3) is 2.25. The normalized spacial score (nSPS) is 11.4. The molecule has 0 unspecified atom stereocenters. The first-order valence-electron chi connectivity index (χ1n) is 7.93. The maximum absolute atomic E-state index is 13.4. The summed E-state index contributed by atoms with van der Waals surface area (Å²) in [5, 5.41) is 0. The molecule has 0 aliphatic carbocycles. The van der Waals surface area contributed by atoms with Crippen molar-refractivity contribution in [3.8, 4) is 22.5 Å². The van der Waals surface area contributed by atoms with Crippen molar-refractivity contribution in [3.05, 3.63) is 66.2 Å². The molecule has 0 amide bonds. The van der Waals surface area contributed by atoms with E-state index in [1.165, 1.54) is 12.1 Å². The summed E-state index contributed by atoms with van der Waals surface area (Å²) in [6.45, 7) is 0. The molecule has 5 aromatic rings. The van der Waals surface area contributed by atoms with Crippen LogP contribution in [0.4, 0.5) is 10.2 Å². The largest absolute Gasteiger partial charge is 0.381 e. The molecule has 0 aliphatic heterocycles. The van der Waals surface area contributed by atoms with Crippen LogP contribution in [0.15, 0.2) is 60.4 Å². The van der Waals surface area contributed by atoms with Crippen LogP contribution < -0.4 is 5.73 Å². The summed E-state index contributed by atoms with van der Waals surface area (Å²) in [5.74, 6) is 0.0370. The lowest BCUT2D eigenvalue weighted by Crippen LogP contribution is -2.03. The molecule has 0 atom stereocenters. The molecule has 7 heteroatoms. The second kappa shape index (κ2) is 5.60. The van der Waals surface area contributed by atoms with Gasteiger partial charge in [-0.1, -0.05) is 6.07 Å². The number of hydrogen-bond donors (Lipinski definition) is 1. The van der Waals surface area contributed by atoms with Crippen molar-refractivity contribution in [2.75, 3.05) is 5.73 Å². The average molecular weight is 361 g/mol. The zero-order valence-corrected chi connectivity index (χ0v) is 14.2. The van der Waals surface area contributed by atoms with Gasteiger partial charge in [-0.05, 0) is 36.4 Å². The van der Waals surface area contributed by atoms with Crippen molar-refractivity contribution in [3.63, 3.8) is 0 Å². The number of nitrogens with two attached hydrogens (primary N) is 1. The van der Waals surface area contributed by atoms with Crippen LogP contribution in [0, 0.1) is 5.82 Å². The van der Waals surface area contributed by atoms with Crippen LogP contribution in [-0.2, 0) is 0 Å². The molecule has 2 aromatic carbocycles. The van der Waals surface area contributed by atoms with E-state index in [9.17, 15) is 4.39 Å². The van der Waals surface area contributed by atoms with Gasteiger partial charge in [0.15, 0.2) is 11.5 Å². The molecule has 3 heterocycles. The molecule has 0 saturated carbocycles. The van der Waals surface area contributed by atoms with Crippen molar-refractivity contribution in [1.82, 2.24) is 19.4 Å². The predicted molar refractivity (Wildman–Crippen MR) is 101 cm³/mol. The molecular weight excluding hydrogens is 349 g/mol. The topological polar surface area (TPSA) is 69.1 Å². The second-order valence-electron chi connectivity index (χ2n) is 5.86. The Balaban J connectivity index is 1.86. The van der Waals surface area contributed by atoms with Crippen LogP contribution in [0.1, 0.15) is 0 Å². The average Bonchev–Trinajstić information content (AvgIpc) is 3.31. The van der Waals surface area contributed by atoms with Gasteiger partial charge in [0.2, 0.25) is 0 Å². The Morgan fingerprint density at radius 2 is 1.81 bits per heavy atom. The fourth-order valence-corrected chi connectivity index (χ4v) is 3.81. The highest BCUT2D eigenvalue weighted by molar-refractivity contribution is 7.16. The molecule has 0 spiro atoms. The Bertz CT molecular complexity index is 1260. The first-order valence-corrected chi connectivity index (χ1v) is 8.81. The highest BCUT2D eigenvalue weighted by Crippen LogP contribution is 2.35. The Kier molecular flexibility index (Phi) is 3.23. The summed E-state index contributed by atoms with van der Waals surface area (Å²) in [5.41, 5.74) is 12.8. The lowest BCUT2D eigenvalue weighted by molar-refractivity contribution is 0.628. The fourth-order valence-electron chi connectivity index (χ4n) is 3.10. The standard InChI is InChI=1S/C19H12FN5S/c20-13-4-1-11(2-5-13)16-17(25-8-7-22-19(25)18(21)24-16)12-3-6-14-15(9-12)26-10-23-14/h1-10H,(H2,21,24). The molecule has 2 N–H and O–H groups in total. The number of nitrogens with zero attached hydrogens (tertiary/aromatic N) is 4. The lowest BCUT2D eigenvalue weighted by Gasteiger charge is -2.13. The highest BCUT2D eigenvalue weighted by Gasteiger charge is 2.17. The quantitative estimate of drug-likeness (QED) is 0.506. The Labute approximate surface area is 151 Å². The van der Waals surface area contributed by atoms with Gasteiger partial charge in [-0.25, -0.2) is 19.3 Å². The van der Waals surface area contributed by atoms with Gasteiger partial charge in [0.25, 0.3) is 0 Å². The van der Waals surface area contributed by atoms with E-state index in [1.54, 1.807) is 29.7 Å². The highest BCUT2D eigenvalue weighted by atomic mass is 32.1. The number of aromatic nitrogens is 4. The zero-order valence-electron chi connectivity index (χ0n) is 13.4. The summed E-state index contributed by atoms with van der Waals surface area (Å²) in [7, 11) is 0. The molecule has 5 nitrogen and oxygen atoms in total. The first kappa shape index (κ1) is 15.0. The van der Waals surface area contributed by atoms with E-state index in [4.69, 9.17) is 5.73 Å². The number of halogens is 1. The van der Waals surface area contributed by atoms with Gasteiger partial charge in [0.1, 0.15) is 5.82 Å². The Hall–Kier alpha value is -3.32. The summed E-state index contributed by atoms with van der Waals surface area (Å²) in [6, 6.07) is 12.3. The lowest BCUT2D eigenvalue weighted by atomic mass is 10.0. The number of benzene rings is 2. The van der Waals surface area contributed by atoms with E-state index in [-0.39, 0.29) is 5.82 Å². The Morgan fingerprint density at radius 1 is 1.00 bits per heavy atom. The minimum Gasteiger partial charge on any atom is -0.381 e. The number of rotatable bonds is 2. The summed E-state index contributed by atoms with van der Waals surface area (Å²) in [6.07, 6.45) is 3.54. The Morgan fingerprint density at radius 3 is 2.65 bits per heavy atom. The number of hydrogen-bond acceptors (Lipinski definition) is 5. The number of fused-ring (bicyclic) bond motifs is 2. The van der Waals surface area contributed by atoms with Crippen LogP contribution in [0.5, 0.6) is 0 Å². The third-order valence-electron chi connectivity index (χ3n) is 4.29. The van der Waals surface area contributed by atoms with Gasteiger partial charge in [0.05, 0.1) is 27.1 Å². The van der Waals surface area contributed by atoms with Crippen LogP contribution >= 0.6 is 11.3 Å². The van der Waals surface area contributed by atoms with Gasteiger partial charge < -0.3 is 5.73 Å². The molecule has 26 heavy (non-hydrogen) atoms. The fraction of sp³-hybridized carbons (Fsp3) is 0. The molecule has 0 fully saturated rings. The number of nitrogen functional groups attached to an aromatic ring is 1. The van der Waals surface area contributed by atoms with Crippen LogP contribution in [0.3, 0.4) is 0 Å². The predicted octanol–water partition coefficient (Wildman–Crippen LogP) is 4.39. The maximum Gasteiger partial charge on any atom is 0.180 e. The molecule has 5 rings (SSSR count). The smallest absolute Gasteiger partial charge is 0.180 e. The van der Waals surface area contributed by atoms with Crippen molar-refractivity contribution in [1.29, 1.82) is 0 Å². The molecule has 0 aliphatic rings.